The van der Waals surface area contributed by atoms with Gasteiger partial charge in [-0.2, -0.15) is 0 Å². The summed E-state index contributed by atoms with van der Waals surface area (Å²) in [6.45, 7) is 3.54. The smallest absolute Gasteiger partial charge is 0.164 e. The second-order valence-corrected chi connectivity index (χ2v) is 4.10. The molecule has 0 atom stereocenters. The normalized spacial score (nSPS) is 11.4. The summed E-state index contributed by atoms with van der Waals surface area (Å²) in [4.78, 5) is 11.6. The lowest BCUT2D eigenvalue weighted by atomic mass is 9.95. The Morgan fingerprint density at radius 2 is 2.14 bits per heavy atom. The Bertz CT molecular complexity index is 341. The van der Waals surface area contributed by atoms with Gasteiger partial charge in [-0.25, -0.2) is 4.39 Å². The standard InChI is InChI=1S/C11H14FNO/c1-11(2,13)7-10(14)8-4-3-5-9(12)6-8/h3-6H,7,13H2,1-2H3. The van der Waals surface area contributed by atoms with Crippen LogP contribution in [0.3, 0.4) is 0 Å². The molecule has 0 aliphatic rings. The Morgan fingerprint density at radius 3 is 2.64 bits per heavy atom. The molecule has 0 bridgehead atoms. The highest BCUT2D eigenvalue weighted by molar-refractivity contribution is 5.96. The van der Waals surface area contributed by atoms with Crippen molar-refractivity contribution in [3.63, 3.8) is 0 Å². The van der Waals surface area contributed by atoms with Crippen molar-refractivity contribution in [3.05, 3.63) is 35.6 Å². The van der Waals surface area contributed by atoms with E-state index in [4.69, 9.17) is 5.73 Å². The number of hydrogen-bond acceptors (Lipinski definition) is 2. The highest BCUT2D eigenvalue weighted by Gasteiger charge is 2.17. The van der Waals surface area contributed by atoms with E-state index in [1.807, 2.05) is 0 Å². The Balaban J connectivity index is 2.80. The van der Waals surface area contributed by atoms with Crippen LogP contribution in [0, 0.1) is 5.82 Å². The van der Waals surface area contributed by atoms with Gasteiger partial charge in [-0.05, 0) is 26.0 Å². The fourth-order valence-corrected chi connectivity index (χ4v) is 1.18. The number of carbonyl (C=O) groups is 1. The van der Waals surface area contributed by atoms with E-state index in [0.717, 1.165) is 0 Å². The van der Waals surface area contributed by atoms with Gasteiger partial charge in [0.2, 0.25) is 0 Å². The number of nitrogens with two attached hydrogens (primary N) is 1. The first kappa shape index (κ1) is 10.9. The van der Waals surface area contributed by atoms with Crippen LogP contribution in [0.2, 0.25) is 0 Å². The Hall–Kier alpha value is -1.22. The maximum absolute atomic E-state index is 12.8. The molecule has 2 N–H and O–H groups in total. The summed E-state index contributed by atoms with van der Waals surface area (Å²) in [6, 6.07) is 5.65. The van der Waals surface area contributed by atoms with Crippen molar-refractivity contribution in [2.45, 2.75) is 25.8 Å². The minimum Gasteiger partial charge on any atom is -0.325 e. The van der Waals surface area contributed by atoms with E-state index in [-0.39, 0.29) is 12.2 Å². The monoisotopic (exact) mass is 195 g/mol. The minimum atomic E-state index is -0.552. The predicted octanol–water partition coefficient (Wildman–Crippen LogP) is 2.14. The maximum atomic E-state index is 12.8. The highest BCUT2D eigenvalue weighted by Crippen LogP contribution is 2.12. The van der Waals surface area contributed by atoms with Crippen LogP contribution in [0.1, 0.15) is 30.6 Å². The summed E-state index contributed by atoms with van der Waals surface area (Å²) < 4.78 is 12.8. The first-order valence-corrected chi connectivity index (χ1v) is 4.46. The molecule has 14 heavy (non-hydrogen) atoms. The number of carbonyl (C=O) groups excluding carboxylic acids is 1. The Morgan fingerprint density at radius 1 is 1.50 bits per heavy atom. The molecule has 0 fully saturated rings. The summed E-state index contributed by atoms with van der Waals surface area (Å²) in [5.74, 6) is -0.525. The molecule has 0 amide bonds. The van der Waals surface area contributed by atoms with Gasteiger partial charge in [0, 0.05) is 17.5 Å². The predicted molar refractivity (Wildman–Crippen MR) is 53.6 cm³/mol. The summed E-state index contributed by atoms with van der Waals surface area (Å²) in [6.07, 6.45) is 0.219. The Kier molecular flexibility index (Phi) is 3.01. The maximum Gasteiger partial charge on any atom is 0.164 e. The third-order valence-corrected chi connectivity index (χ3v) is 1.76. The molecule has 0 heterocycles. The lowest BCUT2D eigenvalue weighted by Crippen LogP contribution is -2.34. The van der Waals surface area contributed by atoms with Crippen LogP contribution in [0.15, 0.2) is 24.3 Å². The summed E-state index contributed by atoms with van der Waals surface area (Å²) >= 11 is 0. The minimum absolute atomic E-state index is 0.128. The number of benzene rings is 1. The number of rotatable bonds is 3. The number of halogens is 1. The molecule has 0 spiro atoms. The molecule has 0 aromatic heterocycles. The van der Waals surface area contributed by atoms with Crippen molar-refractivity contribution in [1.29, 1.82) is 0 Å². The quantitative estimate of drug-likeness (QED) is 0.751. The zero-order valence-electron chi connectivity index (χ0n) is 8.38. The van der Waals surface area contributed by atoms with E-state index in [1.165, 1.54) is 18.2 Å². The van der Waals surface area contributed by atoms with Crippen LogP contribution in [0.5, 0.6) is 0 Å². The van der Waals surface area contributed by atoms with Gasteiger partial charge in [0.05, 0.1) is 0 Å². The van der Waals surface area contributed by atoms with Gasteiger partial charge in [-0.1, -0.05) is 12.1 Å². The summed E-state index contributed by atoms with van der Waals surface area (Å²) in [7, 11) is 0. The van der Waals surface area contributed by atoms with E-state index in [0.29, 0.717) is 5.56 Å². The Labute approximate surface area is 82.9 Å². The van der Waals surface area contributed by atoms with Crippen molar-refractivity contribution in [2.24, 2.45) is 5.73 Å². The summed E-state index contributed by atoms with van der Waals surface area (Å²) in [5, 5.41) is 0. The van der Waals surface area contributed by atoms with Gasteiger partial charge in [0.1, 0.15) is 5.82 Å². The summed E-state index contributed by atoms with van der Waals surface area (Å²) in [5.41, 5.74) is 5.52. The van der Waals surface area contributed by atoms with Crippen molar-refractivity contribution >= 4 is 5.78 Å². The molecule has 0 radical (unpaired) electrons. The van der Waals surface area contributed by atoms with Crippen LogP contribution in [0.25, 0.3) is 0 Å². The number of Topliss-reactive ketones (excluding diaryl/α,β-unsaturated/α-hetero) is 1. The van der Waals surface area contributed by atoms with E-state index in [1.54, 1.807) is 19.9 Å². The van der Waals surface area contributed by atoms with Crippen LogP contribution < -0.4 is 5.73 Å². The van der Waals surface area contributed by atoms with E-state index >= 15 is 0 Å². The molecule has 1 aromatic carbocycles. The molecule has 76 valence electrons. The number of ketones is 1. The first-order valence-electron chi connectivity index (χ1n) is 4.46. The fraction of sp³-hybridized carbons (Fsp3) is 0.364. The number of hydrogen-bond donors (Lipinski definition) is 1. The third kappa shape index (κ3) is 3.26. The topological polar surface area (TPSA) is 43.1 Å². The molecule has 0 saturated carbocycles. The van der Waals surface area contributed by atoms with Gasteiger partial charge in [0.15, 0.2) is 5.78 Å². The highest BCUT2D eigenvalue weighted by atomic mass is 19.1. The van der Waals surface area contributed by atoms with E-state index < -0.39 is 11.4 Å². The average molecular weight is 195 g/mol. The second kappa shape index (κ2) is 3.88. The van der Waals surface area contributed by atoms with E-state index in [2.05, 4.69) is 0 Å². The largest absolute Gasteiger partial charge is 0.325 e. The van der Waals surface area contributed by atoms with Crippen LogP contribution >= 0.6 is 0 Å². The van der Waals surface area contributed by atoms with Crippen molar-refractivity contribution in [3.8, 4) is 0 Å². The fourth-order valence-electron chi connectivity index (χ4n) is 1.18. The lowest BCUT2D eigenvalue weighted by molar-refractivity contribution is 0.0960. The van der Waals surface area contributed by atoms with Crippen LogP contribution in [0.4, 0.5) is 4.39 Å². The average Bonchev–Trinajstić information content (AvgIpc) is 2.01. The molecule has 2 nitrogen and oxygen atoms in total. The van der Waals surface area contributed by atoms with Gasteiger partial charge < -0.3 is 5.73 Å². The van der Waals surface area contributed by atoms with Crippen LogP contribution in [-0.4, -0.2) is 11.3 Å². The molecule has 0 saturated heterocycles. The molecule has 3 heteroatoms. The molecule has 1 rings (SSSR count). The van der Waals surface area contributed by atoms with Crippen molar-refractivity contribution < 1.29 is 9.18 Å². The first-order chi connectivity index (χ1) is 6.38. The molecule has 0 aliphatic carbocycles. The van der Waals surface area contributed by atoms with Gasteiger partial charge >= 0.3 is 0 Å². The SMILES string of the molecule is CC(C)(N)CC(=O)c1cccc(F)c1. The van der Waals surface area contributed by atoms with Gasteiger partial charge in [-0.15, -0.1) is 0 Å². The molecule has 0 unspecified atom stereocenters. The second-order valence-electron chi connectivity index (χ2n) is 4.10. The lowest BCUT2D eigenvalue weighted by Gasteiger charge is -2.16. The van der Waals surface area contributed by atoms with Crippen LogP contribution in [-0.2, 0) is 0 Å². The zero-order valence-corrected chi connectivity index (χ0v) is 8.38. The molecule has 0 aliphatic heterocycles. The molecule has 1 aromatic rings. The van der Waals surface area contributed by atoms with Crippen molar-refractivity contribution in [2.75, 3.05) is 0 Å². The zero-order chi connectivity index (χ0) is 10.8. The van der Waals surface area contributed by atoms with Crippen molar-refractivity contribution in [1.82, 2.24) is 0 Å². The van der Waals surface area contributed by atoms with E-state index in [9.17, 15) is 9.18 Å². The van der Waals surface area contributed by atoms with Gasteiger partial charge in [-0.3, -0.25) is 4.79 Å². The molecular weight excluding hydrogens is 181 g/mol. The molecular formula is C11H14FNO. The van der Waals surface area contributed by atoms with Gasteiger partial charge in [0.25, 0.3) is 0 Å². The third-order valence-electron chi connectivity index (χ3n) is 1.76.